The summed E-state index contributed by atoms with van der Waals surface area (Å²) in [7, 11) is 0. The first kappa shape index (κ1) is 23.5. The minimum Gasteiger partial charge on any atom is -0.480 e. The molecular weight excluding hydrogens is 376 g/mol. The first-order chi connectivity index (χ1) is 14.1. The number of hydrogen-bond donors (Lipinski definition) is 2. The van der Waals surface area contributed by atoms with Crippen LogP contribution in [0.3, 0.4) is 0 Å². The monoisotopic (exact) mass is 410 g/mol. The molecule has 0 aliphatic rings. The molecule has 2 rings (SSSR count). The zero-order valence-corrected chi connectivity index (χ0v) is 18.9. The summed E-state index contributed by atoms with van der Waals surface area (Å²) in [4.78, 5) is 25.0. The zero-order chi connectivity index (χ0) is 22.3. The summed E-state index contributed by atoms with van der Waals surface area (Å²) in [5, 5.41) is 5.82. The Labute approximate surface area is 180 Å². The number of carbonyl (C=O) groups is 2. The van der Waals surface area contributed by atoms with Gasteiger partial charge >= 0.3 is 0 Å². The summed E-state index contributed by atoms with van der Waals surface area (Å²) >= 11 is 0. The van der Waals surface area contributed by atoms with Gasteiger partial charge in [-0.05, 0) is 75.4 Å². The van der Waals surface area contributed by atoms with E-state index in [1.54, 1.807) is 24.3 Å². The van der Waals surface area contributed by atoms with E-state index in [9.17, 15) is 9.59 Å². The molecule has 162 valence electrons. The van der Waals surface area contributed by atoms with Crippen molar-refractivity contribution in [3.8, 4) is 5.75 Å². The third kappa shape index (κ3) is 6.61. The molecule has 0 heterocycles. The molecule has 5 nitrogen and oxygen atoms in total. The van der Waals surface area contributed by atoms with E-state index in [1.807, 2.05) is 45.9 Å². The van der Waals surface area contributed by atoms with Crippen molar-refractivity contribution in [1.29, 1.82) is 0 Å². The fourth-order valence-corrected chi connectivity index (χ4v) is 3.03. The molecular formula is C25H34N2O3. The van der Waals surface area contributed by atoms with Crippen molar-refractivity contribution in [3.05, 3.63) is 59.7 Å². The van der Waals surface area contributed by atoms with Crippen molar-refractivity contribution in [2.24, 2.45) is 0 Å². The molecule has 0 radical (unpaired) electrons. The second-order valence-electron chi connectivity index (χ2n) is 8.63. The normalized spacial score (nSPS) is 13.3. The van der Waals surface area contributed by atoms with Gasteiger partial charge in [-0.3, -0.25) is 9.59 Å². The number of amides is 2. The largest absolute Gasteiger partial charge is 0.480 e. The topological polar surface area (TPSA) is 67.4 Å². The number of carbonyl (C=O) groups excluding carboxylic acids is 2. The molecule has 2 unspecified atom stereocenters. The molecule has 2 amide bonds. The van der Waals surface area contributed by atoms with Crippen molar-refractivity contribution < 1.29 is 14.3 Å². The maximum Gasteiger partial charge on any atom is 0.265 e. The highest BCUT2D eigenvalue weighted by Crippen LogP contribution is 2.29. The lowest BCUT2D eigenvalue weighted by molar-refractivity contribution is -0.122. The number of anilines is 1. The van der Waals surface area contributed by atoms with E-state index in [2.05, 4.69) is 30.5 Å². The maximum absolute atomic E-state index is 12.8. The molecule has 0 bridgehead atoms. The molecule has 0 aliphatic heterocycles. The van der Waals surface area contributed by atoms with Gasteiger partial charge in [0, 0.05) is 16.8 Å². The van der Waals surface area contributed by atoms with Crippen LogP contribution >= 0.6 is 0 Å². The Bertz CT molecular complexity index is 853. The standard InChI is InChI=1S/C25H34N2O3/c1-7-17(3)20-11-9-10-12-22(20)30-21(8-2)24(29)26-19-15-13-18(14-16-19)23(28)27-25(4,5)6/h9-17,21H,7-8H2,1-6H3,(H,26,29)(H,27,28). The molecule has 2 atom stereocenters. The quantitative estimate of drug-likeness (QED) is 0.602. The Morgan fingerprint density at radius 3 is 2.17 bits per heavy atom. The molecule has 0 aliphatic carbocycles. The van der Waals surface area contributed by atoms with Crippen LogP contribution < -0.4 is 15.4 Å². The molecule has 5 heteroatoms. The van der Waals surface area contributed by atoms with Crippen LogP contribution in [0.1, 0.15) is 76.2 Å². The summed E-state index contributed by atoms with van der Waals surface area (Å²) < 4.78 is 6.09. The van der Waals surface area contributed by atoms with Crippen LogP contribution in [-0.4, -0.2) is 23.5 Å². The third-order valence-corrected chi connectivity index (χ3v) is 4.90. The second-order valence-corrected chi connectivity index (χ2v) is 8.63. The summed E-state index contributed by atoms with van der Waals surface area (Å²) in [5.41, 5.74) is 1.99. The summed E-state index contributed by atoms with van der Waals surface area (Å²) in [6.45, 7) is 12.0. The average Bonchev–Trinajstić information content (AvgIpc) is 2.70. The second kappa shape index (κ2) is 10.3. The zero-order valence-electron chi connectivity index (χ0n) is 18.9. The van der Waals surface area contributed by atoms with Gasteiger partial charge in [0.05, 0.1) is 0 Å². The Balaban J connectivity index is 2.06. The Morgan fingerprint density at radius 1 is 0.967 bits per heavy atom. The lowest BCUT2D eigenvalue weighted by Crippen LogP contribution is -2.40. The van der Waals surface area contributed by atoms with E-state index in [0.29, 0.717) is 23.6 Å². The van der Waals surface area contributed by atoms with Crippen LogP contribution in [0.2, 0.25) is 0 Å². The number of ether oxygens (including phenoxy) is 1. The predicted molar refractivity (Wildman–Crippen MR) is 122 cm³/mol. The van der Waals surface area contributed by atoms with Gasteiger partial charge in [0.1, 0.15) is 5.75 Å². The first-order valence-electron chi connectivity index (χ1n) is 10.6. The van der Waals surface area contributed by atoms with E-state index < -0.39 is 6.10 Å². The molecule has 0 spiro atoms. The van der Waals surface area contributed by atoms with Gasteiger partial charge in [0.25, 0.3) is 11.8 Å². The maximum atomic E-state index is 12.8. The smallest absolute Gasteiger partial charge is 0.265 e. The van der Waals surface area contributed by atoms with E-state index in [1.165, 1.54) is 0 Å². The summed E-state index contributed by atoms with van der Waals surface area (Å²) in [6, 6.07) is 14.8. The highest BCUT2D eigenvalue weighted by molar-refractivity contribution is 5.97. The number of hydrogen-bond acceptors (Lipinski definition) is 3. The van der Waals surface area contributed by atoms with Gasteiger partial charge in [-0.1, -0.05) is 39.0 Å². The SMILES string of the molecule is CCC(Oc1ccccc1C(C)CC)C(=O)Nc1ccc(C(=O)NC(C)(C)C)cc1. The van der Waals surface area contributed by atoms with Crippen LogP contribution in [0.5, 0.6) is 5.75 Å². The number of para-hydroxylation sites is 1. The van der Waals surface area contributed by atoms with Crippen molar-refractivity contribution >= 4 is 17.5 Å². The van der Waals surface area contributed by atoms with Crippen molar-refractivity contribution in [2.45, 2.75) is 71.9 Å². The molecule has 2 aromatic carbocycles. The van der Waals surface area contributed by atoms with Crippen molar-refractivity contribution in [2.75, 3.05) is 5.32 Å². The molecule has 0 saturated heterocycles. The molecule has 0 saturated carbocycles. The summed E-state index contributed by atoms with van der Waals surface area (Å²) in [5.74, 6) is 0.761. The van der Waals surface area contributed by atoms with Crippen LogP contribution in [0, 0.1) is 0 Å². The molecule has 0 aromatic heterocycles. The lowest BCUT2D eigenvalue weighted by atomic mass is 9.98. The number of benzene rings is 2. The summed E-state index contributed by atoms with van der Waals surface area (Å²) in [6.07, 6.45) is 0.949. The lowest BCUT2D eigenvalue weighted by Gasteiger charge is -2.22. The van der Waals surface area contributed by atoms with Crippen molar-refractivity contribution in [3.63, 3.8) is 0 Å². The number of nitrogens with one attached hydrogen (secondary N) is 2. The van der Waals surface area contributed by atoms with Gasteiger partial charge in [-0.15, -0.1) is 0 Å². The van der Waals surface area contributed by atoms with Gasteiger partial charge in [-0.2, -0.15) is 0 Å². The van der Waals surface area contributed by atoms with Crippen LogP contribution in [0.15, 0.2) is 48.5 Å². The molecule has 30 heavy (non-hydrogen) atoms. The fourth-order valence-electron chi connectivity index (χ4n) is 3.03. The molecule has 2 aromatic rings. The Morgan fingerprint density at radius 2 is 1.60 bits per heavy atom. The highest BCUT2D eigenvalue weighted by Gasteiger charge is 2.21. The fraction of sp³-hybridized carbons (Fsp3) is 0.440. The van der Waals surface area contributed by atoms with Gasteiger partial charge < -0.3 is 15.4 Å². The molecule has 2 N–H and O–H groups in total. The Kier molecular flexibility index (Phi) is 8.04. The van der Waals surface area contributed by atoms with E-state index >= 15 is 0 Å². The average molecular weight is 411 g/mol. The van der Waals surface area contributed by atoms with E-state index in [4.69, 9.17) is 4.74 Å². The van der Waals surface area contributed by atoms with Gasteiger partial charge in [-0.25, -0.2) is 0 Å². The van der Waals surface area contributed by atoms with Gasteiger partial charge in [0.15, 0.2) is 6.10 Å². The minimum atomic E-state index is -0.598. The van der Waals surface area contributed by atoms with E-state index in [0.717, 1.165) is 17.7 Å². The predicted octanol–water partition coefficient (Wildman–Crippen LogP) is 5.52. The van der Waals surface area contributed by atoms with Crippen LogP contribution in [0.4, 0.5) is 5.69 Å². The third-order valence-electron chi connectivity index (χ3n) is 4.90. The van der Waals surface area contributed by atoms with Crippen molar-refractivity contribution in [1.82, 2.24) is 5.32 Å². The Hall–Kier alpha value is -2.82. The molecule has 0 fully saturated rings. The van der Waals surface area contributed by atoms with E-state index in [-0.39, 0.29) is 17.4 Å². The van der Waals surface area contributed by atoms with Gasteiger partial charge in [0.2, 0.25) is 0 Å². The minimum absolute atomic E-state index is 0.142. The number of rotatable bonds is 8. The first-order valence-corrected chi connectivity index (χ1v) is 10.6. The highest BCUT2D eigenvalue weighted by atomic mass is 16.5. The van der Waals surface area contributed by atoms with Crippen LogP contribution in [-0.2, 0) is 4.79 Å². The van der Waals surface area contributed by atoms with Crippen LogP contribution in [0.25, 0.3) is 0 Å².